The summed E-state index contributed by atoms with van der Waals surface area (Å²) in [5.74, 6) is -6.67. The quantitative estimate of drug-likeness (QED) is 0.0401. The first-order valence-electron chi connectivity index (χ1n) is 21.5. The van der Waals surface area contributed by atoms with Crippen LogP contribution in [0.25, 0.3) is 11.1 Å². The fraction of sp³-hybridized carbons (Fsp3) is 0.447. The van der Waals surface area contributed by atoms with Crippen molar-refractivity contribution in [2.75, 3.05) is 53.3 Å². The number of benzene rings is 2. The van der Waals surface area contributed by atoms with Crippen molar-refractivity contribution >= 4 is 51.8 Å². The largest absolute Gasteiger partial charge is 0.465 e. The summed E-state index contributed by atoms with van der Waals surface area (Å²) in [6.07, 6.45) is -1.12. The first kappa shape index (κ1) is 55.6. The molecule has 1 saturated heterocycles. The number of methoxy groups -OCH3 is 1. The molecular weight excluding hydrogens is 943 g/mol. The Bertz CT molecular complexity index is 2460. The number of hydrogen-bond acceptors (Lipinski definition) is 20. The molecule has 0 bridgehead atoms. The van der Waals surface area contributed by atoms with Crippen LogP contribution in [0.4, 0.5) is 0 Å². The van der Waals surface area contributed by atoms with E-state index in [1.807, 2.05) is 6.92 Å². The van der Waals surface area contributed by atoms with Crippen molar-refractivity contribution in [3.8, 4) is 29.4 Å². The second-order valence-corrected chi connectivity index (χ2v) is 16.9. The smallest absolute Gasteiger partial charge is 0.366 e. The molecule has 1 fully saturated rings. The molecular formula is C47H55N3O19S. The van der Waals surface area contributed by atoms with Crippen molar-refractivity contribution < 1.29 is 88.8 Å². The Morgan fingerprint density at radius 2 is 1.51 bits per heavy atom. The molecule has 22 nitrogen and oxygen atoms in total. The SMILES string of the molecule is C#CCOCCOCCO[C@]1(C(=O)OC)C[C@H](OC(C)=O)[C@@H](NC(=O)COC(C)=O)[C@H]([C@H](OC(C)=O)[C@@H](CNC(=O)Cc2ccc(-c3ccnc(OS(=O)(=O)c4ccc(C)cc4)c3)cc2)OC(C)=O)O1. The Hall–Kier alpha value is -6.97. The average Bonchev–Trinajstić information content (AvgIpc) is 3.30. The van der Waals surface area contributed by atoms with E-state index in [0.717, 1.165) is 40.4 Å². The number of amides is 2. The van der Waals surface area contributed by atoms with Gasteiger partial charge in [-0.3, -0.25) is 28.8 Å². The summed E-state index contributed by atoms with van der Waals surface area (Å²) in [5.41, 5.74) is 2.56. The lowest BCUT2D eigenvalue weighted by molar-refractivity contribution is -0.315. The monoisotopic (exact) mass is 997 g/mol. The van der Waals surface area contributed by atoms with Gasteiger partial charge < -0.3 is 57.4 Å². The van der Waals surface area contributed by atoms with Crippen molar-refractivity contribution in [2.45, 2.75) is 88.6 Å². The van der Waals surface area contributed by atoms with Crippen LogP contribution in [0.2, 0.25) is 0 Å². The average molecular weight is 998 g/mol. The first-order chi connectivity index (χ1) is 33.2. The van der Waals surface area contributed by atoms with E-state index >= 15 is 0 Å². The van der Waals surface area contributed by atoms with Gasteiger partial charge in [0.15, 0.2) is 18.8 Å². The van der Waals surface area contributed by atoms with Crippen LogP contribution < -0.4 is 14.8 Å². The summed E-state index contributed by atoms with van der Waals surface area (Å²) in [6, 6.07) is 14.3. The first-order valence-corrected chi connectivity index (χ1v) is 22.9. The number of aryl methyl sites for hydroxylation is 1. The van der Waals surface area contributed by atoms with Gasteiger partial charge in [0.2, 0.25) is 11.8 Å². The van der Waals surface area contributed by atoms with Crippen molar-refractivity contribution in [3.05, 3.63) is 78.0 Å². The lowest BCUT2D eigenvalue weighted by Crippen LogP contribution is -2.70. The molecule has 2 aromatic carbocycles. The standard InChI is InChI=1S/C47H55N3O19S/c1-8-19-61-20-21-62-22-23-64-47(46(57)60-7)26-38(65-31(4)52)43(50-41(56)28-63-30(3)51)45(68-47)44(67-33(6)54)39(66-32(5)53)27-49-40(55)24-34-11-13-35(14-12-34)36-17-18-48-42(25-36)69-70(58,59)37-15-9-29(2)10-16-37/h1,9-18,25,38-39,43-45H,19-24,26-28H2,2-7H3,(H,49,55)(H,50,56)/t38-,39+,43+,44+,45+,47+/m0/s1. The van der Waals surface area contributed by atoms with Crippen molar-refractivity contribution in [1.82, 2.24) is 15.6 Å². The van der Waals surface area contributed by atoms with Gasteiger partial charge in [-0.2, -0.15) is 8.42 Å². The second-order valence-electron chi connectivity index (χ2n) is 15.4. The van der Waals surface area contributed by atoms with Crippen LogP contribution in [0.1, 0.15) is 45.2 Å². The van der Waals surface area contributed by atoms with E-state index in [4.69, 9.17) is 53.2 Å². The van der Waals surface area contributed by atoms with Crippen LogP contribution in [0, 0.1) is 19.3 Å². The molecule has 2 heterocycles. The third-order valence-corrected chi connectivity index (χ3v) is 11.2. The minimum Gasteiger partial charge on any atom is -0.465 e. The minimum absolute atomic E-state index is 0.0433. The molecule has 1 aliphatic heterocycles. The zero-order chi connectivity index (χ0) is 51.4. The van der Waals surface area contributed by atoms with Gasteiger partial charge >= 0.3 is 40.0 Å². The van der Waals surface area contributed by atoms with Gasteiger partial charge in [-0.1, -0.05) is 47.9 Å². The zero-order valence-corrected chi connectivity index (χ0v) is 40.1. The molecule has 2 N–H and O–H groups in total. The van der Waals surface area contributed by atoms with E-state index in [0.29, 0.717) is 16.7 Å². The molecule has 1 aliphatic rings. The number of esters is 5. The van der Waals surface area contributed by atoms with Crippen molar-refractivity contribution in [1.29, 1.82) is 0 Å². The maximum Gasteiger partial charge on any atom is 0.366 e. The summed E-state index contributed by atoms with van der Waals surface area (Å²) in [4.78, 5) is 94.3. The highest BCUT2D eigenvalue weighted by molar-refractivity contribution is 7.87. The van der Waals surface area contributed by atoms with Gasteiger partial charge in [0.05, 0.1) is 59.0 Å². The predicted molar refractivity (Wildman–Crippen MR) is 241 cm³/mol. The lowest BCUT2D eigenvalue weighted by atomic mass is 9.87. The number of pyridine rings is 1. The second kappa shape index (κ2) is 26.7. The fourth-order valence-corrected chi connectivity index (χ4v) is 7.81. The van der Waals surface area contributed by atoms with E-state index < -0.39 is 108 Å². The van der Waals surface area contributed by atoms with Crippen LogP contribution in [0.15, 0.2) is 71.8 Å². The molecule has 0 spiro atoms. The number of rotatable bonds is 25. The van der Waals surface area contributed by atoms with E-state index in [1.54, 1.807) is 42.5 Å². The van der Waals surface area contributed by atoms with Gasteiger partial charge in [-0.05, 0) is 41.8 Å². The number of nitrogens with zero attached hydrogens (tertiary/aromatic N) is 1. The summed E-state index contributed by atoms with van der Waals surface area (Å²) in [7, 11) is -3.16. The lowest BCUT2D eigenvalue weighted by Gasteiger charge is -2.48. The topological polar surface area (TPSA) is 283 Å². The van der Waals surface area contributed by atoms with E-state index in [9.17, 15) is 42.0 Å². The summed E-state index contributed by atoms with van der Waals surface area (Å²) >= 11 is 0. The molecule has 0 unspecified atom stereocenters. The zero-order valence-electron chi connectivity index (χ0n) is 39.3. The number of aromatic nitrogens is 1. The van der Waals surface area contributed by atoms with Gasteiger partial charge in [0, 0.05) is 40.0 Å². The molecule has 0 radical (unpaired) electrons. The summed E-state index contributed by atoms with van der Waals surface area (Å²) in [5, 5.41) is 5.18. The van der Waals surface area contributed by atoms with Crippen LogP contribution in [0.5, 0.6) is 5.88 Å². The number of carbonyl (C=O) groups is 7. The highest BCUT2D eigenvalue weighted by Crippen LogP contribution is 2.37. The molecule has 2 amide bonds. The molecule has 0 aliphatic carbocycles. The van der Waals surface area contributed by atoms with Crippen LogP contribution in [0.3, 0.4) is 0 Å². The van der Waals surface area contributed by atoms with Gasteiger partial charge in [-0.25, -0.2) is 9.78 Å². The maximum atomic E-state index is 13.7. The molecule has 70 heavy (non-hydrogen) atoms. The number of carbonyl (C=O) groups excluding carboxylic acids is 7. The molecule has 3 aromatic rings. The van der Waals surface area contributed by atoms with Gasteiger partial charge in [-0.15, -0.1) is 6.42 Å². The number of nitrogens with one attached hydrogen (secondary N) is 2. The highest BCUT2D eigenvalue weighted by atomic mass is 32.2. The maximum absolute atomic E-state index is 13.7. The highest BCUT2D eigenvalue weighted by Gasteiger charge is 2.59. The molecule has 4 rings (SSSR count). The number of ether oxygens (including phenoxy) is 9. The van der Waals surface area contributed by atoms with Crippen LogP contribution in [-0.2, 0) is 92.7 Å². The third kappa shape index (κ3) is 17.2. The van der Waals surface area contributed by atoms with E-state index in [1.165, 1.54) is 24.4 Å². The Kier molecular flexibility index (Phi) is 21.2. The fourth-order valence-electron chi connectivity index (χ4n) is 6.93. The molecule has 6 atom stereocenters. The Morgan fingerprint density at radius 1 is 0.843 bits per heavy atom. The Morgan fingerprint density at radius 3 is 2.14 bits per heavy atom. The normalized spacial score (nSPS) is 18.4. The summed E-state index contributed by atoms with van der Waals surface area (Å²) < 4.78 is 80.8. The predicted octanol–water partition coefficient (Wildman–Crippen LogP) is 1.67. The third-order valence-electron chi connectivity index (χ3n) is 9.92. The number of terminal acetylenes is 1. The van der Waals surface area contributed by atoms with Crippen LogP contribution in [-0.4, -0.2) is 145 Å². The van der Waals surface area contributed by atoms with Gasteiger partial charge in [0.25, 0.3) is 11.7 Å². The molecule has 378 valence electrons. The van der Waals surface area contributed by atoms with Gasteiger partial charge in [0.1, 0.15) is 23.7 Å². The molecule has 23 heteroatoms. The van der Waals surface area contributed by atoms with E-state index in [2.05, 4.69) is 21.5 Å². The Labute approximate surface area is 404 Å². The molecule has 0 saturated carbocycles. The molecule has 1 aromatic heterocycles. The van der Waals surface area contributed by atoms with Crippen molar-refractivity contribution in [2.24, 2.45) is 0 Å². The number of hydrogen-bond donors (Lipinski definition) is 2. The minimum atomic E-state index is -4.17. The Balaban J connectivity index is 1.61. The summed E-state index contributed by atoms with van der Waals surface area (Å²) in [6.45, 7) is 4.32. The van der Waals surface area contributed by atoms with Crippen molar-refractivity contribution in [3.63, 3.8) is 0 Å². The van der Waals surface area contributed by atoms with E-state index in [-0.39, 0.29) is 50.2 Å². The van der Waals surface area contributed by atoms with Crippen LogP contribution >= 0.6 is 0 Å².